The van der Waals surface area contributed by atoms with E-state index >= 15 is 0 Å². The third-order valence-corrected chi connectivity index (χ3v) is 4.79. The molecular formula is C18H24N6O2. The highest BCUT2D eigenvalue weighted by molar-refractivity contribution is 5.92. The molecule has 3 rings (SSSR count). The molecule has 1 aliphatic heterocycles. The average Bonchev–Trinajstić information content (AvgIpc) is 2.96. The number of carbonyl (C=O) groups is 2. The lowest BCUT2D eigenvalue weighted by Gasteiger charge is -2.36. The Morgan fingerprint density at radius 1 is 1.27 bits per heavy atom. The summed E-state index contributed by atoms with van der Waals surface area (Å²) in [5, 5.41) is 2.59. The van der Waals surface area contributed by atoms with E-state index in [2.05, 4.69) is 25.1 Å². The lowest BCUT2D eigenvalue weighted by molar-refractivity contribution is -0.105. The van der Waals surface area contributed by atoms with Crippen molar-refractivity contribution < 1.29 is 9.59 Å². The average molecular weight is 356 g/mol. The smallest absolute Gasteiger partial charge is 0.213 e. The van der Waals surface area contributed by atoms with Gasteiger partial charge in [0.15, 0.2) is 5.78 Å². The first-order chi connectivity index (χ1) is 12.5. The number of anilines is 2. The summed E-state index contributed by atoms with van der Waals surface area (Å²) in [5.41, 5.74) is 3.56. The second kappa shape index (κ2) is 7.65. The third-order valence-electron chi connectivity index (χ3n) is 4.79. The summed E-state index contributed by atoms with van der Waals surface area (Å²) in [6, 6.07) is 3.79. The Hall–Kier alpha value is -2.74. The van der Waals surface area contributed by atoms with Crippen LogP contribution in [-0.2, 0) is 18.4 Å². The van der Waals surface area contributed by atoms with Gasteiger partial charge < -0.3 is 9.47 Å². The van der Waals surface area contributed by atoms with Gasteiger partial charge in [-0.05, 0) is 19.1 Å². The monoisotopic (exact) mass is 356 g/mol. The highest BCUT2D eigenvalue weighted by Crippen LogP contribution is 2.21. The van der Waals surface area contributed by atoms with Gasteiger partial charge in [0.05, 0.1) is 23.3 Å². The first kappa shape index (κ1) is 18.1. The normalized spacial score (nSPS) is 15.1. The summed E-state index contributed by atoms with van der Waals surface area (Å²) in [6.07, 6.45) is 2.44. The fraction of sp³-hybridized carbons (Fsp3) is 0.444. The van der Waals surface area contributed by atoms with E-state index in [1.54, 1.807) is 12.3 Å². The number of piperazine rings is 1. The first-order valence-corrected chi connectivity index (χ1v) is 8.66. The summed E-state index contributed by atoms with van der Waals surface area (Å²) in [6.45, 7) is 7.93. The number of carbonyl (C=O) groups excluding carboxylic acids is 2. The first-order valence-electron chi connectivity index (χ1n) is 8.66. The Balaban J connectivity index is 1.61. The van der Waals surface area contributed by atoms with E-state index in [-0.39, 0.29) is 5.78 Å². The van der Waals surface area contributed by atoms with Crippen LogP contribution in [0.3, 0.4) is 0 Å². The minimum absolute atomic E-state index is 0.0101. The van der Waals surface area contributed by atoms with Crippen molar-refractivity contribution in [1.29, 1.82) is 0 Å². The fourth-order valence-electron chi connectivity index (χ4n) is 3.24. The van der Waals surface area contributed by atoms with E-state index in [1.165, 1.54) is 6.92 Å². The number of ketones is 1. The van der Waals surface area contributed by atoms with Gasteiger partial charge in [-0.15, -0.1) is 0 Å². The van der Waals surface area contributed by atoms with Crippen molar-refractivity contribution in [3.8, 4) is 0 Å². The van der Waals surface area contributed by atoms with Crippen LogP contribution in [0.2, 0.25) is 0 Å². The molecule has 0 radical (unpaired) electrons. The predicted molar refractivity (Wildman–Crippen MR) is 99.4 cm³/mol. The summed E-state index contributed by atoms with van der Waals surface area (Å²) in [4.78, 5) is 35.3. The molecule has 1 amide bonds. The van der Waals surface area contributed by atoms with Crippen LogP contribution in [0, 0.1) is 6.92 Å². The molecule has 2 aromatic rings. The zero-order valence-corrected chi connectivity index (χ0v) is 15.4. The van der Waals surface area contributed by atoms with Crippen LogP contribution in [0.1, 0.15) is 28.8 Å². The van der Waals surface area contributed by atoms with E-state index in [9.17, 15) is 9.59 Å². The van der Waals surface area contributed by atoms with Crippen LogP contribution in [0.4, 0.5) is 11.6 Å². The number of aryl methyl sites for hydroxylation is 1. The molecule has 1 N–H and O–H groups in total. The number of imidazole rings is 1. The Morgan fingerprint density at radius 3 is 2.62 bits per heavy atom. The van der Waals surface area contributed by atoms with Crippen molar-refractivity contribution >= 4 is 23.8 Å². The minimum Gasteiger partial charge on any atom is -0.368 e. The Labute approximate surface area is 152 Å². The summed E-state index contributed by atoms with van der Waals surface area (Å²) < 4.78 is 1.90. The number of hydrogen-bond donors (Lipinski definition) is 1. The molecule has 26 heavy (non-hydrogen) atoms. The van der Waals surface area contributed by atoms with Gasteiger partial charge in [-0.2, -0.15) is 0 Å². The second-order valence-corrected chi connectivity index (χ2v) is 6.51. The summed E-state index contributed by atoms with van der Waals surface area (Å²) in [7, 11) is 1.90. The SMILES string of the molecule is CC(=O)c1ccc(N2CCN(Cc3cnc(NC=O)n3C)CC2)c(C)n1. The molecule has 1 aliphatic rings. The Bertz CT molecular complexity index is 808. The number of pyridine rings is 1. The Kier molecular flexibility index (Phi) is 5.32. The molecule has 3 heterocycles. The van der Waals surface area contributed by atoms with E-state index in [4.69, 9.17) is 0 Å². The molecule has 0 saturated carbocycles. The van der Waals surface area contributed by atoms with Crippen molar-refractivity contribution in [2.24, 2.45) is 7.05 Å². The molecule has 8 heteroatoms. The van der Waals surface area contributed by atoms with Crippen LogP contribution in [0.15, 0.2) is 18.3 Å². The molecule has 0 bridgehead atoms. The maximum atomic E-state index is 11.5. The zero-order chi connectivity index (χ0) is 18.7. The lowest BCUT2D eigenvalue weighted by Crippen LogP contribution is -2.46. The molecule has 138 valence electrons. The van der Waals surface area contributed by atoms with Crippen LogP contribution in [0.5, 0.6) is 0 Å². The van der Waals surface area contributed by atoms with Crippen molar-refractivity contribution in [2.75, 3.05) is 36.4 Å². The lowest BCUT2D eigenvalue weighted by atomic mass is 10.2. The summed E-state index contributed by atoms with van der Waals surface area (Å²) >= 11 is 0. The Morgan fingerprint density at radius 2 is 2.00 bits per heavy atom. The van der Waals surface area contributed by atoms with Crippen molar-refractivity contribution in [1.82, 2.24) is 19.4 Å². The molecule has 0 aromatic carbocycles. The fourth-order valence-corrected chi connectivity index (χ4v) is 3.24. The third kappa shape index (κ3) is 3.75. The standard InChI is InChI=1S/C18H24N6O2/c1-13-17(5-4-16(21-13)14(2)26)24-8-6-23(7-9-24)11-15-10-19-18(20-12-25)22(15)3/h4-5,10,12H,6-9,11H2,1-3H3,(H,19,20,25). The molecule has 1 fully saturated rings. The van der Waals surface area contributed by atoms with Gasteiger partial charge in [-0.25, -0.2) is 9.97 Å². The number of hydrogen-bond acceptors (Lipinski definition) is 6. The van der Waals surface area contributed by atoms with Gasteiger partial charge in [0.25, 0.3) is 0 Å². The minimum atomic E-state index is -0.0101. The topological polar surface area (TPSA) is 83.4 Å². The quantitative estimate of drug-likeness (QED) is 0.619. The van der Waals surface area contributed by atoms with Gasteiger partial charge in [0.2, 0.25) is 12.4 Å². The van der Waals surface area contributed by atoms with Crippen LogP contribution in [-0.4, -0.2) is 57.8 Å². The maximum absolute atomic E-state index is 11.5. The van der Waals surface area contributed by atoms with Crippen LogP contribution < -0.4 is 10.2 Å². The molecule has 2 aromatic heterocycles. The van der Waals surface area contributed by atoms with Crippen molar-refractivity contribution in [3.63, 3.8) is 0 Å². The molecule has 0 unspecified atom stereocenters. The van der Waals surface area contributed by atoms with Crippen LogP contribution >= 0.6 is 0 Å². The molecule has 0 spiro atoms. The van der Waals surface area contributed by atoms with E-state index in [0.29, 0.717) is 18.1 Å². The number of nitrogens with one attached hydrogen (secondary N) is 1. The zero-order valence-electron chi connectivity index (χ0n) is 15.4. The van der Waals surface area contributed by atoms with E-state index in [0.717, 1.165) is 49.8 Å². The molecule has 1 saturated heterocycles. The van der Waals surface area contributed by atoms with Crippen LogP contribution in [0.25, 0.3) is 0 Å². The highest BCUT2D eigenvalue weighted by Gasteiger charge is 2.20. The number of aromatic nitrogens is 3. The highest BCUT2D eigenvalue weighted by atomic mass is 16.1. The number of rotatable bonds is 6. The largest absolute Gasteiger partial charge is 0.368 e. The van der Waals surface area contributed by atoms with Gasteiger partial charge in [0.1, 0.15) is 5.69 Å². The maximum Gasteiger partial charge on any atom is 0.213 e. The predicted octanol–water partition coefficient (Wildman–Crippen LogP) is 1.22. The van der Waals surface area contributed by atoms with Gasteiger partial charge in [-0.1, -0.05) is 0 Å². The number of amides is 1. The van der Waals surface area contributed by atoms with E-state index in [1.807, 2.05) is 24.6 Å². The molecule has 8 nitrogen and oxygen atoms in total. The second-order valence-electron chi connectivity index (χ2n) is 6.51. The van der Waals surface area contributed by atoms with Gasteiger partial charge in [0, 0.05) is 46.7 Å². The van der Waals surface area contributed by atoms with Crippen molar-refractivity contribution in [3.05, 3.63) is 35.4 Å². The molecule has 0 atom stereocenters. The van der Waals surface area contributed by atoms with Gasteiger partial charge >= 0.3 is 0 Å². The van der Waals surface area contributed by atoms with Gasteiger partial charge in [-0.3, -0.25) is 19.8 Å². The van der Waals surface area contributed by atoms with E-state index < -0.39 is 0 Å². The molecular weight excluding hydrogens is 332 g/mol. The molecule has 0 aliphatic carbocycles. The van der Waals surface area contributed by atoms with Crippen molar-refractivity contribution in [2.45, 2.75) is 20.4 Å². The summed E-state index contributed by atoms with van der Waals surface area (Å²) in [5.74, 6) is 0.546. The number of nitrogens with zero attached hydrogens (tertiary/aromatic N) is 5. The number of Topliss-reactive ketones (excluding diaryl/α,β-unsaturated/α-hetero) is 1.